The van der Waals surface area contributed by atoms with Gasteiger partial charge >= 0.3 is 0 Å². The Morgan fingerprint density at radius 2 is 1.92 bits per heavy atom. The molecule has 194 valence electrons. The van der Waals surface area contributed by atoms with Crippen LogP contribution in [0.5, 0.6) is 5.75 Å². The molecule has 36 heavy (non-hydrogen) atoms. The summed E-state index contributed by atoms with van der Waals surface area (Å²) in [7, 11) is -3.34. The predicted octanol–water partition coefficient (Wildman–Crippen LogP) is 5.30. The van der Waals surface area contributed by atoms with E-state index in [1.54, 1.807) is 12.1 Å². The van der Waals surface area contributed by atoms with Crippen LogP contribution in [0, 0.1) is 0 Å². The predicted molar refractivity (Wildman–Crippen MR) is 143 cm³/mol. The van der Waals surface area contributed by atoms with Gasteiger partial charge in [-0.3, -0.25) is 4.72 Å². The van der Waals surface area contributed by atoms with Gasteiger partial charge in [0.25, 0.3) is 0 Å². The van der Waals surface area contributed by atoms with Gasteiger partial charge < -0.3 is 24.5 Å². The highest BCUT2D eigenvalue weighted by Gasteiger charge is 2.33. The Labute approximate surface area is 212 Å². The van der Waals surface area contributed by atoms with Crippen LogP contribution in [-0.2, 0) is 19.5 Å². The lowest BCUT2D eigenvalue weighted by atomic mass is 9.92. The summed E-state index contributed by atoms with van der Waals surface area (Å²) in [5.41, 5.74) is 10.9. The van der Waals surface area contributed by atoms with Crippen LogP contribution in [0.25, 0.3) is 22.2 Å². The highest BCUT2D eigenvalue weighted by Crippen LogP contribution is 2.45. The minimum atomic E-state index is -3.34. The quantitative estimate of drug-likeness (QED) is 0.402. The van der Waals surface area contributed by atoms with Gasteiger partial charge in [0.1, 0.15) is 18.5 Å². The number of nitrogen functional groups attached to an aromatic ring is 1. The molecule has 8 nitrogen and oxygen atoms in total. The number of rotatable bonds is 9. The molecule has 1 aromatic heterocycles. The Hall–Kier alpha value is -2.75. The van der Waals surface area contributed by atoms with Crippen molar-refractivity contribution in [2.45, 2.75) is 64.4 Å². The summed E-state index contributed by atoms with van der Waals surface area (Å²) in [6, 6.07) is 13.8. The second kappa shape index (κ2) is 9.61. The SMILES string of the molecule is CCCS(=O)(=O)Nc1ccc(-c2c(N)c3ccc(OC[C@@H]4COC(C)(C)O4)cc3n2C2CCC2)cc1. The van der Waals surface area contributed by atoms with E-state index in [1.807, 2.05) is 45.0 Å². The number of sulfonamides is 1. The highest BCUT2D eigenvalue weighted by molar-refractivity contribution is 7.92. The summed E-state index contributed by atoms with van der Waals surface area (Å²) >= 11 is 0. The molecule has 2 heterocycles. The van der Waals surface area contributed by atoms with E-state index in [-0.39, 0.29) is 11.9 Å². The van der Waals surface area contributed by atoms with Crippen molar-refractivity contribution >= 4 is 32.3 Å². The van der Waals surface area contributed by atoms with Crippen molar-refractivity contribution in [3.05, 3.63) is 42.5 Å². The second-order valence-electron chi connectivity index (χ2n) is 10.2. The van der Waals surface area contributed by atoms with E-state index in [1.165, 1.54) is 6.42 Å². The summed E-state index contributed by atoms with van der Waals surface area (Å²) in [6.45, 7) is 6.58. The zero-order valence-corrected chi connectivity index (χ0v) is 21.9. The van der Waals surface area contributed by atoms with Gasteiger partial charge in [-0.15, -0.1) is 0 Å². The summed E-state index contributed by atoms with van der Waals surface area (Å²) in [6.07, 6.45) is 3.84. The molecule has 0 amide bonds. The number of nitrogens with two attached hydrogens (primary N) is 1. The molecule has 1 saturated heterocycles. The van der Waals surface area contributed by atoms with E-state index < -0.39 is 15.8 Å². The summed E-state index contributed by atoms with van der Waals surface area (Å²) in [5.74, 6) is 0.284. The molecule has 3 N–H and O–H groups in total. The topological polar surface area (TPSA) is 105 Å². The molecule has 0 radical (unpaired) electrons. The number of nitrogens with zero attached hydrogens (tertiary/aromatic N) is 1. The first kappa shape index (κ1) is 24.9. The van der Waals surface area contributed by atoms with Crippen molar-refractivity contribution in [1.29, 1.82) is 0 Å². The number of anilines is 2. The average Bonchev–Trinajstić information content (AvgIpc) is 3.28. The molecule has 1 atom stereocenters. The van der Waals surface area contributed by atoms with Crippen LogP contribution in [0.2, 0.25) is 0 Å². The van der Waals surface area contributed by atoms with Crippen molar-refractivity contribution in [2.75, 3.05) is 29.4 Å². The minimum absolute atomic E-state index is 0.0969. The third-order valence-corrected chi connectivity index (χ3v) is 8.35. The van der Waals surface area contributed by atoms with Crippen molar-refractivity contribution in [3.8, 4) is 17.0 Å². The van der Waals surface area contributed by atoms with Gasteiger partial charge in [-0.05, 0) is 63.8 Å². The van der Waals surface area contributed by atoms with Crippen molar-refractivity contribution in [3.63, 3.8) is 0 Å². The van der Waals surface area contributed by atoms with Crippen LogP contribution in [-0.4, -0.2) is 43.8 Å². The standard InChI is InChI=1S/C27H35N3O5S/c1-4-14-36(31,32)29-19-10-8-18(9-11-19)26-25(28)23-13-12-21(15-24(23)30(26)20-6-5-7-20)33-16-22-17-34-27(2,3)35-22/h8-13,15,20,22,29H,4-7,14,16-17,28H2,1-3H3/t22-/m1/s1. The number of ether oxygens (including phenoxy) is 3. The number of hydrogen-bond acceptors (Lipinski definition) is 6. The first-order chi connectivity index (χ1) is 17.2. The van der Waals surface area contributed by atoms with Crippen molar-refractivity contribution in [1.82, 2.24) is 4.57 Å². The van der Waals surface area contributed by atoms with Crippen LogP contribution < -0.4 is 15.2 Å². The number of aromatic nitrogens is 1. The van der Waals surface area contributed by atoms with Crippen LogP contribution in [0.15, 0.2) is 42.5 Å². The number of fused-ring (bicyclic) bond motifs is 1. The number of benzene rings is 2. The third-order valence-electron chi connectivity index (χ3n) is 6.86. The molecule has 1 aliphatic heterocycles. The Morgan fingerprint density at radius 3 is 2.53 bits per heavy atom. The summed E-state index contributed by atoms with van der Waals surface area (Å²) in [5, 5.41) is 0.985. The molecule has 5 rings (SSSR count). The lowest BCUT2D eigenvalue weighted by Crippen LogP contribution is -2.25. The maximum Gasteiger partial charge on any atom is 0.232 e. The van der Waals surface area contributed by atoms with Crippen LogP contribution in [0.4, 0.5) is 11.4 Å². The fourth-order valence-corrected chi connectivity index (χ4v) is 6.09. The van der Waals surface area contributed by atoms with Crippen molar-refractivity contribution in [2.24, 2.45) is 0 Å². The fourth-order valence-electron chi connectivity index (χ4n) is 4.95. The molecular weight excluding hydrogens is 478 g/mol. The van der Waals surface area contributed by atoms with Crippen LogP contribution >= 0.6 is 0 Å². The summed E-state index contributed by atoms with van der Waals surface area (Å²) in [4.78, 5) is 0. The Bertz CT molecular complexity index is 1340. The molecule has 9 heteroatoms. The van der Waals surface area contributed by atoms with Gasteiger partial charge in [-0.1, -0.05) is 19.1 Å². The molecular formula is C27H35N3O5S. The zero-order chi connectivity index (χ0) is 25.5. The van der Waals surface area contributed by atoms with E-state index in [0.29, 0.717) is 31.4 Å². The van der Waals surface area contributed by atoms with E-state index in [9.17, 15) is 8.42 Å². The Morgan fingerprint density at radius 1 is 1.17 bits per heavy atom. The summed E-state index contributed by atoms with van der Waals surface area (Å²) < 4.78 is 46.9. The monoisotopic (exact) mass is 513 g/mol. The van der Waals surface area contributed by atoms with Gasteiger partial charge in [-0.2, -0.15) is 0 Å². The van der Waals surface area contributed by atoms with E-state index in [2.05, 4.69) is 15.4 Å². The maximum absolute atomic E-state index is 12.2. The van der Waals surface area contributed by atoms with Gasteiger partial charge in [0.2, 0.25) is 10.0 Å². The van der Waals surface area contributed by atoms with Crippen LogP contribution in [0.1, 0.15) is 52.5 Å². The minimum Gasteiger partial charge on any atom is -0.491 e. The van der Waals surface area contributed by atoms with Crippen LogP contribution in [0.3, 0.4) is 0 Å². The maximum atomic E-state index is 12.2. The normalized spacial score (nSPS) is 19.9. The molecule has 1 saturated carbocycles. The highest BCUT2D eigenvalue weighted by atomic mass is 32.2. The smallest absolute Gasteiger partial charge is 0.232 e. The first-order valence-electron chi connectivity index (χ1n) is 12.6. The van der Waals surface area contributed by atoms with Gasteiger partial charge in [0.05, 0.1) is 29.3 Å². The van der Waals surface area contributed by atoms with E-state index >= 15 is 0 Å². The van der Waals surface area contributed by atoms with E-state index in [4.69, 9.17) is 19.9 Å². The van der Waals surface area contributed by atoms with Gasteiger partial charge in [0.15, 0.2) is 5.79 Å². The molecule has 0 bridgehead atoms. The number of hydrogen-bond donors (Lipinski definition) is 2. The molecule has 1 aliphatic carbocycles. The Kier molecular flexibility index (Phi) is 6.65. The molecule has 2 fully saturated rings. The second-order valence-corrected chi connectivity index (χ2v) is 12.0. The number of nitrogens with one attached hydrogen (secondary N) is 1. The Balaban J connectivity index is 1.45. The zero-order valence-electron chi connectivity index (χ0n) is 21.1. The van der Waals surface area contributed by atoms with Gasteiger partial charge in [0, 0.05) is 28.7 Å². The lowest BCUT2D eigenvalue weighted by molar-refractivity contribution is -0.141. The largest absolute Gasteiger partial charge is 0.491 e. The molecule has 2 aliphatic rings. The van der Waals surface area contributed by atoms with Crippen molar-refractivity contribution < 1.29 is 22.6 Å². The lowest BCUT2D eigenvalue weighted by Gasteiger charge is -2.30. The van der Waals surface area contributed by atoms with Gasteiger partial charge in [-0.25, -0.2) is 8.42 Å². The molecule has 2 aromatic carbocycles. The molecule has 0 unspecified atom stereocenters. The average molecular weight is 514 g/mol. The fraction of sp³-hybridized carbons (Fsp3) is 0.481. The third kappa shape index (κ3) is 5.05. The molecule has 3 aromatic rings. The molecule has 0 spiro atoms. The first-order valence-corrected chi connectivity index (χ1v) is 14.3. The van der Waals surface area contributed by atoms with E-state index in [0.717, 1.165) is 46.4 Å².